The minimum absolute atomic E-state index is 0.121. The maximum atomic E-state index is 9.36. The van der Waals surface area contributed by atoms with Crippen LogP contribution < -0.4 is 5.32 Å². The molecular weight excluding hydrogens is 308 g/mol. The Morgan fingerprint density at radius 1 is 1.37 bits per heavy atom. The van der Waals surface area contributed by atoms with Crippen molar-refractivity contribution in [2.45, 2.75) is 32.9 Å². The Bertz CT molecular complexity index is 540. The summed E-state index contributed by atoms with van der Waals surface area (Å²) >= 11 is 3.36. The van der Waals surface area contributed by atoms with Crippen LogP contribution in [0.1, 0.15) is 26.0 Å². The van der Waals surface area contributed by atoms with Gasteiger partial charge in [-0.05, 0) is 28.3 Å². The highest BCUT2D eigenvalue weighted by Gasteiger charge is 2.11. The molecule has 1 unspecified atom stereocenters. The van der Waals surface area contributed by atoms with Crippen LogP contribution in [0.4, 0.5) is 0 Å². The quantitative estimate of drug-likeness (QED) is 0.852. The van der Waals surface area contributed by atoms with Crippen LogP contribution in [0, 0.1) is 5.92 Å². The largest absolute Gasteiger partial charge is 0.395 e. The van der Waals surface area contributed by atoms with E-state index in [2.05, 4.69) is 45.1 Å². The Morgan fingerprint density at radius 3 is 2.84 bits per heavy atom. The van der Waals surface area contributed by atoms with Gasteiger partial charge < -0.3 is 10.4 Å². The van der Waals surface area contributed by atoms with Crippen LogP contribution in [0.5, 0.6) is 0 Å². The average Bonchev–Trinajstić information content (AvgIpc) is 2.76. The summed E-state index contributed by atoms with van der Waals surface area (Å²) in [5.41, 5.74) is 1.88. The number of rotatable bonds is 6. The van der Waals surface area contributed by atoms with E-state index in [1.165, 1.54) is 0 Å². The Kier molecular flexibility index (Phi) is 4.90. The molecule has 0 amide bonds. The number of nitrogens with one attached hydrogen (secondary N) is 1. The molecule has 104 valence electrons. The summed E-state index contributed by atoms with van der Waals surface area (Å²) in [6, 6.07) is 0.121. The molecule has 2 aromatic heterocycles. The molecule has 2 aromatic rings. The molecule has 0 aromatic carbocycles. The van der Waals surface area contributed by atoms with Crippen LogP contribution in [-0.2, 0) is 6.54 Å². The van der Waals surface area contributed by atoms with Crippen molar-refractivity contribution in [1.29, 1.82) is 0 Å². The van der Waals surface area contributed by atoms with Crippen molar-refractivity contribution in [3.05, 3.63) is 28.9 Å². The summed E-state index contributed by atoms with van der Waals surface area (Å²) in [5, 5.41) is 12.7. The number of aromatic nitrogens is 3. The van der Waals surface area contributed by atoms with Gasteiger partial charge in [-0.25, -0.2) is 9.97 Å². The lowest BCUT2D eigenvalue weighted by Gasteiger charge is -2.18. The zero-order valence-corrected chi connectivity index (χ0v) is 12.8. The van der Waals surface area contributed by atoms with Crippen LogP contribution in [0.3, 0.4) is 0 Å². The van der Waals surface area contributed by atoms with Crippen LogP contribution in [-0.4, -0.2) is 32.1 Å². The van der Waals surface area contributed by atoms with Crippen molar-refractivity contribution >= 4 is 21.6 Å². The standard InChI is InChI=1S/C13H19BrN4O/c1-9(2)3-10(8-19)15-4-11-5-17-13-6-16-12(14)7-18(11)13/h5-7,9-10,15,19H,3-4,8H2,1-2H3. The third kappa shape index (κ3) is 3.75. The minimum atomic E-state index is 0.121. The van der Waals surface area contributed by atoms with Crippen molar-refractivity contribution in [2.75, 3.05) is 6.61 Å². The molecule has 0 aliphatic heterocycles. The van der Waals surface area contributed by atoms with Crippen molar-refractivity contribution in [2.24, 2.45) is 5.92 Å². The third-order valence-corrected chi connectivity index (χ3v) is 3.40. The minimum Gasteiger partial charge on any atom is -0.395 e. The topological polar surface area (TPSA) is 62.5 Å². The zero-order valence-electron chi connectivity index (χ0n) is 11.2. The van der Waals surface area contributed by atoms with E-state index in [0.717, 1.165) is 22.4 Å². The summed E-state index contributed by atoms with van der Waals surface area (Å²) in [6.07, 6.45) is 6.42. The summed E-state index contributed by atoms with van der Waals surface area (Å²) in [6.45, 7) is 5.14. The molecule has 0 radical (unpaired) electrons. The Labute approximate surface area is 121 Å². The predicted molar refractivity (Wildman–Crippen MR) is 77.9 cm³/mol. The molecule has 2 N–H and O–H groups in total. The highest BCUT2D eigenvalue weighted by molar-refractivity contribution is 9.10. The number of halogens is 1. The van der Waals surface area contributed by atoms with Gasteiger partial charge in [0.15, 0.2) is 5.65 Å². The Balaban J connectivity index is 2.06. The van der Waals surface area contributed by atoms with Crippen molar-refractivity contribution in [3.63, 3.8) is 0 Å². The van der Waals surface area contributed by atoms with Gasteiger partial charge in [0.1, 0.15) is 4.60 Å². The van der Waals surface area contributed by atoms with Crippen molar-refractivity contribution in [1.82, 2.24) is 19.7 Å². The smallest absolute Gasteiger partial charge is 0.155 e. The number of imidazole rings is 1. The van der Waals surface area contributed by atoms with Gasteiger partial charge >= 0.3 is 0 Å². The van der Waals surface area contributed by atoms with E-state index in [1.807, 2.05) is 16.8 Å². The molecule has 19 heavy (non-hydrogen) atoms. The molecule has 0 spiro atoms. The third-order valence-electron chi connectivity index (χ3n) is 2.99. The second-order valence-electron chi connectivity index (χ2n) is 5.08. The van der Waals surface area contributed by atoms with E-state index in [1.54, 1.807) is 6.20 Å². The zero-order chi connectivity index (χ0) is 13.8. The fourth-order valence-electron chi connectivity index (χ4n) is 2.09. The summed E-state index contributed by atoms with van der Waals surface area (Å²) in [5.74, 6) is 0.560. The lowest BCUT2D eigenvalue weighted by Crippen LogP contribution is -2.33. The molecule has 0 aliphatic rings. The lowest BCUT2D eigenvalue weighted by molar-refractivity contribution is 0.223. The molecular formula is C13H19BrN4O. The van der Waals surface area contributed by atoms with Gasteiger partial charge in [-0.3, -0.25) is 4.40 Å². The van der Waals surface area contributed by atoms with E-state index in [-0.39, 0.29) is 12.6 Å². The number of nitrogens with zero attached hydrogens (tertiary/aromatic N) is 3. The summed E-state index contributed by atoms with van der Waals surface area (Å²) in [4.78, 5) is 8.45. The molecule has 6 heteroatoms. The van der Waals surface area contributed by atoms with E-state index < -0.39 is 0 Å². The van der Waals surface area contributed by atoms with Crippen molar-refractivity contribution < 1.29 is 5.11 Å². The van der Waals surface area contributed by atoms with E-state index in [0.29, 0.717) is 12.5 Å². The maximum absolute atomic E-state index is 9.36. The first-order valence-electron chi connectivity index (χ1n) is 6.42. The van der Waals surface area contributed by atoms with Crippen LogP contribution in [0.2, 0.25) is 0 Å². The van der Waals surface area contributed by atoms with Gasteiger partial charge in [-0.1, -0.05) is 13.8 Å². The summed E-state index contributed by atoms with van der Waals surface area (Å²) < 4.78 is 2.77. The second kappa shape index (κ2) is 6.45. The fourth-order valence-corrected chi connectivity index (χ4v) is 2.39. The van der Waals surface area contributed by atoms with Crippen molar-refractivity contribution in [3.8, 4) is 0 Å². The van der Waals surface area contributed by atoms with E-state index in [4.69, 9.17) is 0 Å². The molecule has 0 saturated heterocycles. The molecule has 2 rings (SSSR count). The monoisotopic (exact) mass is 326 g/mol. The fraction of sp³-hybridized carbons (Fsp3) is 0.538. The molecule has 5 nitrogen and oxygen atoms in total. The normalized spacial score (nSPS) is 13.3. The number of fused-ring (bicyclic) bond motifs is 1. The van der Waals surface area contributed by atoms with Gasteiger partial charge in [0, 0.05) is 18.8 Å². The first-order valence-corrected chi connectivity index (χ1v) is 7.21. The van der Waals surface area contributed by atoms with Crippen LogP contribution >= 0.6 is 15.9 Å². The SMILES string of the molecule is CC(C)CC(CO)NCc1cnc2cnc(Br)cn12. The highest BCUT2D eigenvalue weighted by atomic mass is 79.9. The average molecular weight is 327 g/mol. The second-order valence-corrected chi connectivity index (χ2v) is 5.89. The van der Waals surface area contributed by atoms with Gasteiger partial charge in [-0.2, -0.15) is 0 Å². The first-order chi connectivity index (χ1) is 9.10. The predicted octanol–water partition coefficient (Wildman–Crippen LogP) is 1.99. The first kappa shape index (κ1) is 14.4. The number of hydrogen-bond donors (Lipinski definition) is 2. The molecule has 0 saturated carbocycles. The lowest BCUT2D eigenvalue weighted by atomic mass is 10.0. The van der Waals surface area contributed by atoms with Gasteiger partial charge in [-0.15, -0.1) is 0 Å². The van der Waals surface area contributed by atoms with E-state index in [9.17, 15) is 5.11 Å². The van der Waals surface area contributed by atoms with Gasteiger partial charge in [0.2, 0.25) is 0 Å². The molecule has 0 aliphatic carbocycles. The number of aliphatic hydroxyl groups excluding tert-OH is 1. The summed E-state index contributed by atoms with van der Waals surface area (Å²) in [7, 11) is 0. The molecule has 1 atom stereocenters. The molecule has 2 heterocycles. The van der Waals surface area contributed by atoms with E-state index >= 15 is 0 Å². The number of hydrogen-bond acceptors (Lipinski definition) is 4. The Hall–Kier alpha value is -0.980. The highest BCUT2D eigenvalue weighted by Crippen LogP contribution is 2.11. The van der Waals surface area contributed by atoms with Gasteiger partial charge in [0.05, 0.1) is 24.7 Å². The molecule has 0 fully saturated rings. The van der Waals surface area contributed by atoms with Crippen LogP contribution in [0.15, 0.2) is 23.2 Å². The number of aliphatic hydroxyl groups is 1. The van der Waals surface area contributed by atoms with Gasteiger partial charge in [0.25, 0.3) is 0 Å². The Morgan fingerprint density at radius 2 is 2.16 bits per heavy atom. The maximum Gasteiger partial charge on any atom is 0.155 e. The van der Waals surface area contributed by atoms with Crippen LogP contribution in [0.25, 0.3) is 5.65 Å². The molecule has 0 bridgehead atoms.